The number of anilines is 1. The van der Waals surface area contributed by atoms with Crippen molar-refractivity contribution in [3.05, 3.63) is 28.2 Å². The fraction of sp³-hybridized carbons (Fsp3) is 0.533. The third-order valence-corrected chi connectivity index (χ3v) is 3.55. The number of amides is 1. The molecule has 0 saturated heterocycles. The van der Waals surface area contributed by atoms with E-state index in [0.29, 0.717) is 32.8 Å². The molecule has 5 nitrogen and oxygen atoms in total. The molecule has 0 aliphatic carbocycles. The number of methoxy groups -OCH3 is 2. The van der Waals surface area contributed by atoms with Crippen molar-refractivity contribution in [3.8, 4) is 0 Å². The number of ether oxygens (including phenoxy) is 2. The zero-order valence-electron chi connectivity index (χ0n) is 12.8. The quantitative estimate of drug-likeness (QED) is 0.735. The van der Waals surface area contributed by atoms with E-state index < -0.39 is 0 Å². The lowest BCUT2D eigenvalue weighted by atomic mass is 10.2. The highest BCUT2D eigenvalue weighted by atomic mass is 79.9. The van der Waals surface area contributed by atoms with E-state index in [0.717, 1.165) is 15.7 Å². The Kier molecular flexibility index (Phi) is 8.52. The molecule has 118 valence electrons. The van der Waals surface area contributed by atoms with Crippen molar-refractivity contribution in [2.75, 3.05) is 52.4 Å². The number of halogens is 1. The van der Waals surface area contributed by atoms with Crippen LogP contribution in [-0.4, -0.2) is 57.9 Å². The molecule has 1 N–H and O–H groups in total. The van der Waals surface area contributed by atoms with Crippen molar-refractivity contribution in [2.45, 2.75) is 6.92 Å². The molecule has 0 aliphatic rings. The summed E-state index contributed by atoms with van der Waals surface area (Å²) in [5.41, 5.74) is 1.86. The third kappa shape index (κ3) is 7.04. The zero-order chi connectivity index (χ0) is 15.7. The third-order valence-electron chi connectivity index (χ3n) is 3.05. The molecule has 6 heteroatoms. The topological polar surface area (TPSA) is 50.8 Å². The van der Waals surface area contributed by atoms with Gasteiger partial charge in [-0.2, -0.15) is 0 Å². The van der Waals surface area contributed by atoms with Crippen LogP contribution in [-0.2, 0) is 14.3 Å². The number of hydrogen-bond donors (Lipinski definition) is 1. The van der Waals surface area contributed by atoms with Crippen molar-refractivity contribution in [2.24, 2.45) is 0 Å². The normalized spacial score (nSPS) is 10.9. The maximum absolute atomic E-state index is 12.1. The summed E-state index contributed by atoms with van der Waals surface area (Å²) in [6.45, 7) is 4.87. The van der Waals surface area contributed by atoms with Crippen LogP contribution in [0.2, 0.25) is 0 Å². The molecule has 1 amide bonds. The molecular formula is C15H23BrN2O3. The molecule has 0 atom stereocenters. The van der Waals surface area contributed by atoms with Gasteiger partial charge in [-0.15, -0.1) is 0 Å². The summed E-state index contributed by atoms with van der Waals surface area (Å²) in [5, 5.41) is 2.94. The fourth-order valence-electron chi connectivity index (χ4n) is 1.87. The number of hydrogen-bond acceptors (Lipinski definition) is 4. The number of aryl methyl sites for hydroxylation is 1. The van der Waals surface area contributed by atoms with Crippen molar-refractivity contribution >= 4 is 27.5 Å². The van der Waals surface area contributed by atoms with Crippen LogP contribution in [0.1, 0.15) is 5.56 Å². The summed E-state index contributed by atoms with van der Waals surface area (Å²) in [6, 6.07) is 5.78. The monoisotopic (exact) mass is 358 g/mol. The summed E-state index contributed by atoms with van der Waals surface area (Å²) in [4.78, 5) is 14.2. The van der Waals surface area contributed by atoms with E-state index in [9.17, 15) is 4.79 Å². The van der Waals surface area contributed by atoms with Gasteiger partial charge in [-0.1, -0.05) is 15.9 Å². The van der Waals surface area contributed by atoms with Gasteiger partial charge in [0.1, 0.15) is 0 Å². The predicted molar refractivity (Wildman–Crippen MR) is 87.7 cm³/mol. The molecule has 0 spiro atoms. The van der Waals surface area contributed by atoms with Crippen LogP contribution in [0.5, 0.6) is 0 Å². The van der Waals surface area contributed by atoms with E-state index in [2.05, 4.69) is 21.2 Å². The molecule has 0 aromatic heterocycles. The van der Waals surface area contributed by atoms with E-state index in [1.54, 1.807) is 14.2 Å². The lowest BCUT2D eigenvalue weighted by Gasteiger charge is -2.21. The summed E-state index contributed by atoms with van der Waals surface area (Å²) in [6.07, 6.45) is 0. The number of nitrogens with one attached hydrogen (secondary N) is 1. The molecule has 0 radical (unpaired) electrons. The van der Waals surface area contributed by atoms with E-state index in [1.807, 2.05) is 30.0 Å². The standard InChI is InChI=1S/C15H23BrN2O3/c1-12-10-13(16)4-5-14(12)17-15(19)11-18(6-8-20-2)7-9-21-3/h4-5,10H,6-9,11H2,1-3H3,(H,17,19). The minimum atomic E-state index is -0.0346. The molecule has 0 bridgehead atoms. The van der Waals surface area contributed by atoms with Crippen LogP contribution in [0.25, 0.3) is 0 Å². The molecule has 0 fully saturated rings. The Morgan fingerprint density at radius 1 is 1.24 bits per heavy atom. The molecule has 1 rings (SSSR count). The highest BCUT2D eigenvalue weighted by molar-refractivity contribution is 9.10. The number of nitrogens with zero attached hydrogens (tertiary/aromatic N) is 1. The Bertz CT molecular complexity index is 447. The van der Waals surface area contributed by atoms with Gasteiger partial charge in [0, 0.05) is 37.5 Å². The van der Waals surface area contributed by atoms with Gasteiger partial charge < -0.3 is 14.8 Å². The first-order valence-electron chi connectivity index (χ1n) is 6.83. The summed E-state index contributed by atoms with van der Waals surface area (Å²) >= 11 is 3.41. The maximum atomic E-state index is 12.1. The molecule has 0 unspecified atom stereocenters. The largest absolute Gasteiger partial charge is 0.383 e. The Morgan fingerprint density at radius 3 is 2.38 bits per heavy atom. The van der Waals surface area contributed by atoms with Crippen molar-refractivity contribution < 1.29 is 14.3 Å². The minimum absolute atomic E-state index is 0.0346. The van der Waals surface area contributed by atoms with Crippen LogP contribution in [0.3, 0.4) is 0 Å². The van der Waals surface area contributed by atoms with Gasteiger partial charge in [-0.05, 0) is 30.7 Å². The zero-order valence-corrected chi connectivity index (χ0v) is 14.4. The SMILES string of the molecule is COCCN(CCOC)CC(=O)Nc1ccc(Br)cc1C. The van der Waals surface area contributed by atoms with Gasteiger partial charge in [0.25, 0.3) is 0 Å². The Labute approximate surface area is 134 Å². The van der Waals surface area contributed by atoms with Crippen molar-refractivity contribution in [3.63, 3.8) is 0 Å². The first-order valence-corrected chi connectivity index (χ1v) is 7.62. The molecule has 0 saturated carbocycles. The van der Waals surface area contributed by atoms with Crippen LogP contribution in [0.4, 0.5) is 5.69 Å². The van der Waals surface area contributed by atoms with Gasteiger partial charge in [0.2, 0.25) is 5.91 Å². The number of rotatable bonds is 9. The fourth-order valence-corrected chi connectivity index (χ4v) is 2.35. The summed E-state index contributed by atoms with van der Waals surface area (Å²) < 4.78 is 11.1. The van der Waals surface area contributed by atoms with E-state index >= 15 is 0 Å². The minimum Gasteiger partial charge on any atom is -0.383 e. The van der Waals surface area contributed by atoms with Gasteiger partial charge >= 0.3 is 0 Å². The Morgan fingerprint density at radius 2 is 1.86 bits per heavy atom. The first kappa shape index (κ1) is 18.1. The molecule has 0 heterocycles. The number of carbonyl (C=O) groups excluding carboxylic acids is 1. The van der Waals surface area contributed by atoms with Crippen molar-refractivity contribution in [1.29, 1.82) is 0 Å². The molecule has 0 aliphatic heterocycles. The first-order chi connectivity index (χ1) is 10.1. The second kappa shape index (κ2) is 9.89. The number of carbonyl (C=O) groups is 1. The molecule has 21 heavy (non-hydrogen) atoms. The average molecular weight is 359 g/mol. The van der Waals surface area contributed by atoms with Crippen LogP contribution >= 0.6 is 15.9 Å². The average Bonchev–Trinajstić information content (AvgIpc) is 2.45. The predicted octanol–water partition coefficient (Wildman–Crippen LogP) is 2.29. The summed E-state index contributed by atoms with van der Waals surface area (Å²) in [5.74, 6) is -0.0346. The van der Waals surface area contributed by atoms with Crippen molar-refractivity contribution in [1.82, 2.24) is 4.90 Å². The second-order valence-corrected chi connectivity index (χ2v) is 5.68. The van der Waals surface area contributed by atoms with E-state index in [4.69, 9.17) is 9.47 Å². The smallest absolute Gasteiger partial charge is 0.238 e. The molecule has 1 aromatic rings. The molecule has 1 aromatic carbocycles. The maximum Gasteiger partial charge on any atom is 0.238 e. The van der Waals surface area contributed by atoms with E-state index in [-0.39, 0.29) is 5.91 Å². The summed E-state index contributed by atoms with van der Waals surface area (Å²) in [7, 11) is 3.31. The lowest BCUT2D eigenvalue weighted by molar-refractivity contribution is -0.117. The number of benzene rings is 1. The highest BCUT2D eigenvalue weighted by Gasteiger charge is 2.11. The Hall–Kier alpha value is -0.950. The van der Waals surface area contributed by atoms with Gasteiger partial charge in [-0.25, -0.2) is 0 Å². The lowest BCUT2D eigenvalue weighted by Crippen LogP contribution is -2.37. The Balaban J connectivity index is 2.55. The highest BCUT2D eigenvalue weighted by Crippen LogP contribution is 2.19. The van der Waals surface area contributed by atoms with Crippen LogP contribution < -0.4 is 5.32 Å². The second-order valence-electron chi connectivity index (χ2n) is 4.77. The van der Waals surface area contributed by atoms with Gasteiger partial charge in [0.15, 0.2) is 0 Å². The van der Waals surface area contributed by atoms with E-state index in [1.165, 1.54) is 0 Å². The van der Waals surface area contributed by atoms with Gasteiger partial charge in [-0.3, -0.25) is 9.69 Å². The molecular weight excluding hydrogens is 336 g/mol. The van der Waals surface area contributed by atoms with Crippen LogP contribution in [0.15, 0.2) is 22.7 Å². The van der Waals surface area contributed by atoms with Gasteiger partial charge in [0.05, 0.1) is 19.8 Å². The van der Waals surface area contributed by atoms with Crippen LogP contribution in [0, 0.1) is 6.92 Å².